The summed E-state index contributed by atoms with van der Waals surface area (Å²) in [5.74, 6) is 0.373. The molecule has 0 N–H and O–H groups in total. The van der Waals surface area contributed by atoms with Crippen LogP contribution in [0.5, 0.6) is 0 Å². The van der Waals surface area contributed by atoms with Crippen molar-refractivity contribution in [2.75, 3.05) is 11.5 Å². The van der Waals surface area contributed by atoms with E-state index in [2.05, 4.69) is 5.10 Å². The predicted molar refractivity (Wildman–Crippen MR) is 56.0 cm³/mol. The molecule has 1 heterocycles. The average Bonchev–Trinajstić information content (AvgIpc) is 2.42. The molecular formula is C9H16N2O2S. The van der Waals surface area contributed by atoms with E-state index < -0.39 is 9.84 Å². The minimum Gasteiger partial charge on any atom is -0.269 e. The predicted octanol–water partition coefficient (Wildman–Crippen LogP) is 0.935. The highest BCUT2D eigenvalue weighted by Gasteiger charge is 2.09. The maximum atomic E-state index is 11.2. The van der Waals surface area contributed by atoms with E-state index >= 15 is 0 Å². The molecule has 0 amide bonds. The number of hydrogen-bond acceptors (Lipinski definition) is 3. The lowest BCUT2D eigenvalue weighted by Gasteiger charge is -2.03. The first-order valence-electron chi connectivity index (χ1n) is 4.66. The molecule has 0 saturated heterocycles. The third-order valence-corrected chi connectivity index (χ3v) is 3.84. The third kappa shape index (κ3) is 2.83. The fourth-order valence-corrected chi connectivity index (χ4v) is 2.01. The monoisotopic (exact) mass is 216 g/mol. The number of rotatable bonds is 4. The van der Waals surface area contributed by atoms with Gasteiger partial charge in [0, 0.05) is 11.4 Å². The Kier molecular flexibility index (Phi) is 3.31. The molecule has 0 aliphatic carbocycles. The van der Waals surface area contributed by atoms with E-state index in [9.17, 15) is 8.42 Å². The van der Waals surface area contributed by atoms with Crippen LogP contribution in [-0.2, 0) is 16.4 Å². The summed E-state index contributed by atoms with van der Waals surface area (Å²) in [4.78, 5) is 0. The first-order valence-corrected chi connectivity index (χ1v) is 6.48. The van der Waals surface area contributed by atoms with Crippen LogP contribution in [0.3, 0.4) is 0 Å². The number of sulfone groups is 1. The van der Waals surface area contributed by atoms with E-state index in [4.69, 9.17) is 0 Å². The van der Waals surface area contributed by atoms with Crippen LogP contribution in [-0.4, -0.2) is 29.7 Å². The van der Waals surface area contributed by atoms with E-state index in [1.807, 2.05) is 19.9 Å². The van der Waals surface area contributed by atoms with Crippen LogP contribution in [0.25, 0.3) is 0 Å². The summed E-state index contributed by atoms with van der Waals surface area (Å²) in [7, 11) is -2.89. The molecule has 1 rings (SSSR count). The lowest BCUT2D eigenvalue weighted by Crippen LogP contribution is -2.16. The van der Waals surface area contributed by atoms with Crippen molar-refractivity contribution in [1.82, 2.24) is 9.78 Å². The molecule has 14 heavy (non-hydrogen) atoms. The SMILES string of the molecule is CCS(=O)(=O)CCn1nc(C)cc1C. The molecule has 0 aliphatic rings. The molecule has 5 heteroatoms. The van der Waals surface area contributed by atoms with Gasteiger partial charge < -0.3 is 0 Å². The molecule has 0 bridgehead atoms. The van der Waals surface area contributed by atoms with E-state index in [1.54, 1.807) is 11.6 Å². The highest BCUT2D eigenvalue weighted by Crippen LogP contribution is 2.02. The van der Waals surface area contributed by atoms with Crippen molar-refractivity contribution in [3.8, 4) is 0 Å². The normalized spacial score (nSPS) is 11.9. The standard InChI is InChI=1S/C9H16N2O2S/c1-4-14(12,13)6-5-11-9(3)7-8(2)10-11/h7H,4-6H2,1-3H3. The Hall–Kier alpha value is -0.840. The molecule has 0 unspecified atom stereocenters. The molecule has 1 aromatic heterocycles. The summed E-state index contributed by atoms with van der Waals surface area (Å²) < 4.78 is 24.2. The second-order valence-corrected chi connectivity index (χ2v) is 5.86. The summed E-state index contributed by atoms with van der Waals surface area (Å²) in [5.41, 5.74) is 1.94. The van der Waals surface area contributed by atoms with E-state index in [0.29, 0.717) is 6.54 Å². The van der Waals surface area contributed by atoms with Crippen molar-refractivity contribution in [3.05, 3.63) is 17.5 Å². The van der Waals surface area contributed by atoms with Crippen LogP contribution in [0.1, 0.15) is 18.3 Å². The summed E-state index contributed by atoms with van der Waals surface area (Å²) in [6.07, 6.45) is 0. The fourth-order valence-electron chi connectivity index (χ4n) is 1.27. The van der Waals surface area contributed by atoms with Gasteiger partial charge in [0.1, 0.15) is 0 Å². The summed E-state index contributed by atoms with van der Waals surface area (Å²) in [6, 6.07) is 1.94. The zero-order valence-corrected chi connectivity index (χ0v) is 9.63. The van der Waals surface area contributed by atoms with Gasteiger partial charge >= 0.3 is 0 Å². The lowest BCUT2D eigenvalue weighted by atomic mass is 10.4. The molecule has 4 nitrogen and oxygen atoms in total. The van der Waals surface area contributed by atoms with Crippen molar-refractivity contribution in [1.29, 1.82) is 0 Å². The van der Waals surface area contributed by atoms with Gasteiger partial charge in [0.05, 0.1) is 18.0 Å². The largest absolute Gasteiger partial charge is 0.269 e. The van der Waals surface area contributed by atoms with Crippen LogP contribution in [0.2, 0.25) is 0 Å². The van der Waals surface area contributed by atoms with Crippen molar-refractivity contribution >= 4 is 9.84 Å². The van der Waals surface area contributed by atoms with Gasteiger partial charge in [0.2, 0.25) is 0 Å². The van der Waals surface area contributed by atoms with Crippen LogP contribution in [0.4, 0.5) is 0 Å². The number of aryl methyl sites for hydroxylation is 3. The van der Waals surface area contributed by atoms with Gasteiger partial charge in [-0.1, -0.05) is 6.92 Å². The zero-order chi connectivity index (χ0) is 10.8. The summed E-state index contributed by atoms with van der Waals surface area (Å²) in [5, 5.41) is 4.20. The van der Waals surface area contributed by atoms with E-state index in [-0.39, 0.29) is 11.5 Å². The Bertz CT molecular complexity index is 406. The zero-order valence-electron chi connectivity index (χ0n) is 8.82. The molecule has 0 atom stereocenters. The van der Waals surface area contributed by atoms with Gasteiger partial charge in [-0.2, -0.15) is 5.10 Å². The fraction of sp³-hybridized carbons (Fsp3) is 0.667. The molecule has 80 valence electrons. The molecule has 0 fully saturated rings. The lowest BCUT2D eigenvalue weighted by molar-refractivity contribution is 0.577. The Morgan fingerprint density at radius 3 is 2.50 bits per heavy atom. The number of nitrogens with zero attached hydrogens (tertiary/aromatic N) is 2. The molecule has 0 aliphatic heterocycles. The highest BCUT2D eigenvalue weighted by molar-refractivity contribution is 7.91. The second kappa shape index (κ2) is 4.13. The van der Waals surface area contributed by atoms with Gasteiger partial charge in [0.15, 0.2) is 9.84 Å². The average molecular weight is 216 g/mol. The Balaban J connectivity index is 2.67. The maximum Gasteiger partial charge on any atom is 0.151 e. The van der Waals surface area contributed by atoms with Crippen molar-refractivity contribution in [2.24, 2.45) is 0 Å². The Morgan fingerprint density at radius 2 is 2.07 bits per heavy atom. The van der Waals surface area contributed by atoms with Gasteiger partial charge in [-0.15, -0.1) is 0 Å². The van der Waals surface area contributed by atoms with Crippen LogP contribution in [0.15, 0.2) is 6.07 Å². The van der Waals surface area contributed by atoms with Gasteiger partial charge in [0.25, 0.3) is 0 Å². The molecule has 1 aromatic rings. The van der Waals surface area contributed by atoms with Crippen LogP contribution < -0.4 is 0 Å². The van der Waals surface area contributed by atoms with Crippen LogP contribution in [0, 0.1) is 13.8 Å². The van der Waals surface area contributed by atoms with E-state index in [1.165, 1.54) is 0 Å². The topological polar surface area (TPSA) is 52.0 Å². The third-order valence-electron chi connectivity index (χ3n) is 2.16. The minimum atomic E-state index is -2.89. The highest BCUT2D eigenvalue weighted by atomic mass is 32.2. The molecule has 0 saturated carbocycles. The molecule has 0 aromatic carbocycles. The van der Waals surface area contributed by atoms with Gasteiger partial charge in [-0.05, 0) is 19.9 Å². The van der Waals surface area contributed by atoms with Crippen molar-refractivity contribution < 1.29 is 8.42 Å². The second-order valence-electron chi connectivity index (χ2n) is 3.39. The minimum absolute atomic E-state index is 0.172. The Morgan fingerprint density at radius 1 is 1.43 bits per heavy atom. The van der Waals surface area contributed by atoms with Gasteiger partial charge in [-0.25, -0.2) is 8.42 Å². The first-order chi connectivity index (χ1) is 6.44. The van der Waals surface area contributed by atoms with Crippen molar-refractivity contribution in [3.63, 3.8) is 0 Å². The maximum absolute atomic E-state index is 11.2. The summed E-state index contributed by atoms with van der Waals surface area (Å²) in [6.45, 7) is 5.95. The smallest absolute Gasteiger partial charge is 0.151 e. The molecule has 0 radical (unpaired) electrons. The Labute approximate surface area is 84.9 Å². The molecule has 0 spiro atoms. The number of aromatic nitrogens is 2. The first kappa shape index (κ1) is 11.2. The summed E-state index contributed by atoms with van der Waals surface area (Å²) >= 11 is 0. The number of hydrogen-bond donors (Lipinski definition) is 0. The quantitative estimate of drug-likeness (QED) is 0.752. The van der Waals surface area contributed by atoms with Crippen molar-refractivity contribution in [2.45, 2.75) is 27.3 Å². The van der Waals surface area contributed by atoms with E-state index in [0.717, 1.165) is 11.4 Å². The van der Waals surface area contributed by atoms with Gasteiger partial charge in [-0.3, -0.25) is 4.68 Å². The molecular weight excluding hydrogens is 200 g/mol. The van der Waals surface area contributed by atoms with Crippen LogP contribution >= 0.6 is 0 Å².